The van der Waals surface area contributed by atoms with Gasteiger partial charge in [0.2, 0.25) is 11.8 Å². The number of carbonyl (C=O) groups is 2. The first kappa shape index (κ1) is 31.0. The first-order chi connectivity index (χ1) is 18.5. The lowest BCUT2D eigenvalue weighted by Gasteiger charge is -2.33. The van der Waals surface area contributed by atoms with Crippen LogP contribution in [0.5, 0.6) is 0 Å². The fourth-order valence-electron chi connectivity index (χ4n) is 3.96. The van der Waals surface area contributed by atoms with Gasteiger partial charge in [-0.2, -0.15) is 0 Å². The van der Waals surface area contributed by atoms with Crippen molar-refractivity contribution in [2.75, 3.05) is 17.4 Å². The van der Waals surface area contributed by atoms with E-state index >= 15 is 0 Å². The molecule has 0 unspecified atom stereocenters. The zero-order valence-electron chi connectivity index (χ0n) is 21.2. The van der Waals surface area contributed by atoms with E-state index in [2.05, 4.69) is 5.32 Å². The number of benzene rings is 3. The first-order valence-electron chi connectivity index (χ1n) is 12.0. The highest BCUT2D eigenvalue weighted by Gasteiger charge is 2.34. The average Bonchev–Trinajstić information content (AvgIpc) is 2.91. The van der Waals surface area contributed by atoms with Crippen LogP contribution in [0, 0.1) is 0 Å². The van der Waals surface area contributed by atoms with E-state index in [0.29, 0.717) is 17.1 Å². The molecule has 1 atom stereocenters. The zero-order valence-corrected chi connectivity index (χ0v) is 25.0. The van der Waals surface area contributed by atoms with Crippen LogP contribution in [-0.4, -0.2) is 44.3 Å². The maximum atomic E-state index is 14.0. The third kappa shape index (κ3) is 7.58. The smallest absolute Gasteiger partial charge is 0.264 e. The summed E-state index contributed by atoms with van der Waals surface area (Å²) in [5.41, 5.74) is 0.640. The molecule has 0 aromatic heterocycles. The summed E-state index contributed by atoms with van der Waals surface area (Å²) in [6, 6.07) is 16.0. The van der Waals surface area contributed by atoms with Gasteiger partial charge in [0.15, 0.2) is 0 Å². The van der Waals surface area contributed by atoms with Crippen LogP contribution in [0.1, 0.15) is 25.8 Å². The van der Waals surface area contributed by atoms with Gasteiger partial charge in [0.1, 0.15) is 12.6 Å². The highest BCUT2D eigenvalue weighted by Crippen LogP contribution is 2.33. The number of anilines is 1. The molecule has 0 saturated heterocycles. The fraction of sp³-hybridized carbons (Fsp3) is 0.259. The van der Waals surface area contributed by atoms with Crippen molar-refractivity contribution in [2.45, 2.75) is 37.8 Å². The van der Waals surface area contributed by atoms with Crippen molar-refractivity contribution in [1.29, 1.82) is 0 Å². The van der Waals surface area contributed by atoms with Gasteiger partial charge in [-0.1, -0.05) is 77.6 Å². The summed E-state index contributed by atoms with van der Waals surface area (Å²) in [5.74, 6) is -0.999. The van der Waals surface area contributed by atoms with Crippen molar-refractivity contribution in [3.63, 3.8) is 0 Å². The summed E-state index contributed by atoms with van der Waals surface area (Å²) in [5, 5.41) is 3.68. The number of sulfonamides is 1. The molecule has 3 aromatic carbocycles. The van der Waals surface area contributed by atoms with E-state index in [1.807, 2.05) is 0 Å². The Hall–Kier alpha value is -2.49. The number of hydrogen-bond donors (Lipinski definition) is 1. The van der Waals surface area contributed by atoms with Gasteiger partial charge < -0.3 is 10.2 Å². The highest BCUT2D eigenvalue weighted by molar-refractivity contribution is 7.92. The highest BCUT2D eigenvalue weighted by atomic mass is 35.5. The molecule has 39 heavy (non-hydrogen) atoms. The zero-order chi connectivity index (χ0) is 28.7. The molecule has 1 N–H and O–H groups in total. The van der Waals surface area contributed by atoms with Crippen LogP contribution in [-0.2, 0) is 26.2 Å². The van der Waals surface area contributed by atoms with Crippen molar-refractivity contribution in [1.82, 2.24) is 10.2 Å². The topological polar surface area (TPSA) is 86.8 Å². The summed E-state index contributed by atoms with van der Waals surface area (Å²) in [6.45, 7) is 3.23. The number of likely N-dealkylation sites (N-methyl/N-ethyl adjacent to an activating group) is 1. The normalized spacial score (nSPS) is 12.1. The van der Waals surface area contributed by atoms with Crippen molar-refractivity contribution in [3.05, 3.63) is 92.4 Å². The quantitative estimate of drug-likeness (QED) is 0.264. The van der Waals surface area contributed by atoms with Crippen LogP contribution in [0.2, 0.25) is 20.1 Å². The minimum absolute atomic E-state index is 0.0200. The Morgan fingerprint density at radius 1 is 0.872 bits per heavy atom. The number of nitrogens with zero attached hydrogens (tertiary/aromatic N) is 2. The minimum Gasteiger partial charge on any atom is -0.355 e. The van der Waals surface area contributed by atoms with Crippen LogP contribution in [0.4, 0.5) is 5.69 Å². The van der Waals surface area contributed by atoms with Crippen molar-refractivity contribution in [3.8, 4) is 0 Å². The maximum absolute atomic E-state index is 14.0. The van der Waals surface area contributed by atoms with Crippen molar-refractivity contribution in [2.24, 2.45) is 0 Å². The maximum Gasteiger partial charge on any atom is 0.264 e. The minimum atomic E-state index is -4.27. The van der Waals surface area contributed by atoms with Gasteiger partial charge in [-0.25, -0.2) is 8.42 Å². The van der Waals surface area contributed by atoms with Gasteiger partial charge >= 0.3 is 0 Å². The second-order valence-corrected chi connectivity index (χ2v) is 12.0. The van der Waals surface area contributed by atoms with E-state index in [4.69, 9.17) is 46.4 Å². The lowest BCUT2D eigenvalue weighted by molar-refractivity contribution is -0.140. The molecule has 0 heterocycles. The largest absolute Gasteiger partial charge is 0.355 e. The fourth-order valence-corrected chi connectivity index (χ4v) is 6.16. The third-order valence-corrected chi connectivity index (χ3v) is 8.93. The van der Waals surface area contributed by atoms with Crippen LogP contribution >= 0.6 is 46.4 Å². The van der Waals surface area contributed by atoms with E-state index in [0.717, 1.165) is 4.31 Å². The first-order valence-corrected chi connectivity index (χ1v) is 15.0. The van der Waals surface area contributed by atoms with Gasteiger partial charge in [0.25, 0.3) is 10.0 Å². The molecular formula is C27H27Cl4N3O4S. The van der Waals surface area contributed by atoms with Crippen molar-refractivity contribution < 1.29 is 18.0 Å². The van der Waals surface area contributed by atoms with Crippen LogP contribution in [0.25, 0.3) is 0 Å². The predicted molar refractivity (Wildman–Crippen MR) is 157 cm³/mol. The molecular weight excluding hydrogens is 604 g/mol. The lowest BCUT2D eigenvalue weighted by atomic mass is 10.1. The van der Waals surface area contributed by atoms with Gasteiger partial charge in [-0.05, 0) is 61.4 Å². The average molecular weight is 631 g/mol. The third-order valence-electron chi connectivity index (χ3n) is 5.86. The van der Waals surface area contributed by atoms with E-state index in [1.165, 1.54) is 35.2 Å². The molecule has 3 aromatic rings. The SMILES string of the molecule is CCNC(=O)[C@@H](CC)N(Cc1ccc(Cl)c(Cl)c1)C(=O)CN(c1cc(Cl)ccc1Cl)S(=O)(=O)c1ccccc1. The summed E-state index contributed by atoms with van der Waals surface area (Å²) < 4.78 is 28.5. The van der Waals surface area contributed by atoms with Crippen molar-refractivity contribution >= 4 is 73.9 Å². The molecule has 0 fully saturated rings. The molecule has 3 rings (SSSR count). The second-order valence-electron chi connectivity index (χ2n) is 8.51. The molecule has 0 aliphatic heterocycles. The predicted octanol–water partition coefficient (Wildman–Crippen LogP) is 6.44. The Balaban J connectivity index is 2.10. The Bertz CT molecular complexity index is 1440. The molecule has 0 aliphatic carbocycles. The summed E-state index contributed by atoms with van der Waals surface area (Å²) in [6.07, 6.45) is 0.280. The Morgan fingerprint density at radius 2 is 1.54 bits per heavy atom. The number of amides is 2. The summed E-state index contributed by atoms with van der Waals surface area (Å²) >= 11 is 24.9. The van der Waals surface area contributed by atoms with Gasteiger partial charge in [-0.15, -0.1) is 0 Å². The molecule has 12 heteroatoms. The molecule has 2 amide bonds. The molecule has 0 radical (unpaired) electrons. The monoisotopic (exact) mass is 629 g/mol. The number of carbonyl (C=O) groups excluding carboxylic acids is 2. The van der Waals surface area contributed by atoms with E-state index < -0.39 is 28.5 Å². The standard InChI is InChI=1S/C27H27Cl4N3O4S/c1-3-24(27(36)32-4-2)33(16-18-10-12-21(29)23(31)14-18)26(35)17-34(25-15-19(28)11-13-22(25)30)39(37,38)20-8-6-5-7-9-20/h5-15,24H,3-4,16-17H2,1-2H3,(H,32,36)/t24-/m1/s1. The Kier molecular flexibility index (Phi) is 10.9. The molecule has 0 saturated carbocycles. The number of halogens is 4. The van der Waals surface area contributed by atoms with E-state index in [9.17, 15) is 18.0 Å². The number of hydrogen-bond acceptors (Lipinski definition) is 4. The van der Waals surface area contributed by atoms with Gasteiger partial charge in [0, 0.05) is 18.1 Å². The molecule has 0 aliphatic rings. The summed E-state index contributed by atoms with van der Waals surface area (Å²) in [4.78, 5) is 28.2. The summed E-state index contributed by atoms with van der Waals surface area (Å²) in [7, 11) is -4.27. The molecule has 0 spiro atoms. The van der Waals surface area contributed by atoms with E-state index in [-0.39, 0.29) is 44.5 Å². The Labute approximate surface area is 248 Å². The Morgan fingerprint density at radius 3 is 2.15 bits per heavy atom. The van der Waals surface area contributed by atoms with Crippen LogP contribution < -0.4 is 9.62 Å². The number of nitrogens with one attached hydrogen (secondary N) is 1. The molecule has 208 valence electrons. The van der Waals surface area contributed by atoms with E-state index in [1.54, 1.807) is 50.2 Å². The van der Waals surface area contributed by atoms with Gasteiger partial charge in [0.05, 0.1) is 25.7 Å². The molecule has 7 nitrogen and oxygen atoms in total. The molecule has 0 bridgehead atoms. The van der Waals surface area contributed by atoms with Gasteiger partial charge in [-0.3, -0.25) is 13.9 Å². The van der Waals surface area contributed by atoms with Crippen LogP contribution in [0.3, 0.4) is 0 Å². The number of rotatable bonds is 11. The van der Waals surface area contributed by atoms with Crippen LogP contribution in [0.15, 0.2) is 71.6 Å². The second kappa shape index (κ2) is 13.7. The lowest BCUT2D eigenvalue weighted by Crippen LogP contribution is -2.52.